The topological polar surface area (TPSA) is 0 Å². The van der Waals surface area contributed by atoms with Crippen LogP contribution in [0.3, 0.4) is 0 Å². The van der Waals surface area contributed by atoms with Crippen LogP contribution in [0, 0.1) is 13.8 Å². The maximum Gasteiger partial charge on any atom is -0.0112 e. The molecule has 0 aromatic heterocycles. The summed E-state index contributed by atoms with van der Waals surface area (Å²) in [6, 6.07) is 13.4. The van der Waals surface area contributed by atoms with Crippen LogP contribution in [0.15, 0.2) is 36.4 Å². The highest BCUT2D eigenvalue weighted by molar-refractivity contribution is 5.78. The summed E-state index contributed by atoms with van der Waals surface area (Å²) in [7, 11) is 0. The molecule has 0 aliphatic carbocycles. The first-order chi connectivity index (χ1) is 12.0. The minimum atomic E-state index is 0.138. The Morgan fingerprint density at radius 1 is 0.500 bits per heavy atom. The lowest BCUT2D eigenvalue weighted by atomic mass is 9.74. The van der Waals surface area contributed by atoms with Crippen LogP contribution in [0.5, 0.6) is 0 Å². The van der Waals surface area contributed by atoms with Crippen molar-refractivity contribution in [1.29, 1.82) is 0 Å². The van der Waals surface area contributed by atoms with E-state index in [0.717, 1.165) is 0 Å². The van der Waals surface area contributed by atoms with Gasteiger partial charge in [0.2, 0.25) is 0 Å². The standard InChI is InChI=1S/C22H30.2C2H6/c1-15-11-9-13-17(21(3,4)5)19(15)20-16(2)12-10-14-18(20)22(6,7)8;2*1-2/h9-14H,1-8H3;2*1-2H3. The molecule has 0 radical (unpaired) electrons. The second kappa shape index (κ2) is 9.95. The third-order valence-corrected chi connectivity index (χ3v) is 4.41. The number of hydrogen-bond donors (Lipinski definition) is 0. The summed E-state index contributed by atoms with van der Waals surface area (Å²) >= 11 is 0. The first kappa shape index (κ1) is 24.4. The highest BCUT2D eigenvalue weighted by Gasteiger charge is 2.25. The lowest BCUT2D eigenvalue weighted by molar-refractivity contribution is 0.584. The monoisotopic (exact) mass is 354 g/mol. The van der Waals surface area contributed by atoms with Gasteiger partial charge in [-0.05, 0) is 58.1 Å². The molecule has 0 heteroatoms. The molecule has 0 heterocycles. The van der Waals surface area contributed by atoms with Crippen molar-refractivity contribution in [2.45, 2.75) is 93.9 Å². The van der Waals surface area contributed by atoms with Gasteiger partial charge in [-0.1, -0.05) is 106 Å². The van der Waals surface area contributed by atoms with Gasteiger partial charge in [0.25, 0.3) is 0 Å². The summed E-state index contributed by atoms with van der Waals surface area (Å²) in [5.74, 6) is 0. The van der Waals surface area contributed by atoms with Crippen LogP contribution in [-0.4, -0.2) is 0 Å². The maximum absolute atomic E-state index is 2.31. The van der Waals surface area contributed by atoms with E-state index in [4.69, 9.17) is 0 Å². The van der Waals surface area contributed by atoms with Gasteiger partial charge in [-0.3, -0.25) is 0 Å². The van der Waals surface area contributed by atoms with E-state index in [-0.39, 0.29) is 10.8 Å². The number of rotatable bonds is 1. The van der Waals surface area contributed by atoms with Gasteiger partial charge >= 0.3 is 0 Å². The van der Waals surface area contributed by atoms with Crippen molar-refractivity contribution < 1.29 is 0 Å². The lowest BCUT2D eigenvalue weighted by Gasteiger charge is -2.30. The highest BCUT2D eigenvalue weighted by Crippen LogP contribution is 2.41. The molecule has 0 spiro atoms. The fourth-order valence-corrected chi connectivity index (χ4v) is 3.25. The smallest absolute Gasteiger partial charge is 0.0112 e. The lowest BCUT2D eigenvalue weighted by Crippen LogP contribution is -2.17. The zero-order chi connectivity index (χ0) is 20.7. The van der Waals surface area contributed by atoms with Gasteiger partial charge in [-0.2, -0.15) is 0 Å². The van der Waals surface area contributed by atoms with Gasteiger partial charge in [0.05, 0.1) is 0 Å². The number of benzene rings is 2. The van der Waals surface area contributed by atoms with E-state index >= 15 is 0 Å². The van der Waals surface area contributed by atoms with E-state index in [2.05, 4.69) is 91.8 Å². The average Bonchev–Trinajstić information content (AvgIpc) is 2.57. The molecule has 0 atom stereocenters. The molecule has 2 rings (SSSR count). The largest absolute Gasteiger partial charge is 0.0683 e. The van der Waals surface area contributed by atoms with E-state index in [1.807, 2.05) is 27.7 Å². The van der Waals surface area contributed by atoms with Gasteiger partial charge in [0.1, 0.15) is 0 Å². The molecule has 0 nitrogen and oxygen atoms in total. The zero-order valence-electron chi connectivity index (χ0n) is 19.5. The maximum atomic E-state index is 2.31. The number of aryl methyl sites for hydroxylation is 2. The minimum absolute atomic E-state index is 0.138. The Morgan fingerprint density at radius 2 is 0.769 bits per heavy atom. The Balaban J connectivity index is 0.00000146. The Hall–Kier alpha value is -1.56. The highest BCUT2D eigenvalue weighted by atomic mass is 14.3. The first-order valence-corrected chi connectivity index (χ1v) is 10.2. The first-order valence-electron chi connectivity index (χ1n) is 10.2. The molecule has 0 unspecified atom stereocenters. The van der Waals surface area contributed by atoms with Crippen molar-refractivity contribution in [3.63, 3.8) is 0 Å². The van der Waals surface area contributed by atoms with E-state index in [1.54, 1.807) is 0 Å². The normalized spacial score (nSPS) is 11.1. The van der Waals surface area contributed by atoms with Crippen molar-refractivity contribution in [1.82, 2.24) is 0 Å². The summed E-state index contributed by atoms with van der Waals surface area (Å²) in [6.07, 6.45) is 0. The molecular formula is C26H42. The zero-order valence-corrected chi connectivity index (χ0v) is 19.5. The Labute approximate surface area is 164 Å². The minimum Gasteiger partial charge on any atom is -0.0683 e. The second-order valence-electron chi connectivity index (χ2n) is 8.49. The molecule has 0 fully saturated rings. The van der Waals surface area contributed by atoms with Crippen molar-refractivity contribution in [3.8, 4) is 11.1 Å². The molecule has 0 saturated heterocycles. The Bertz CT molecular complexity index is 615. The molecule has 0 bridgehead atoms. The molecule has 0 aliphatic rings. The summed E-state index contributed by atoms with van der Waals surface area (Å²) in [5, 5.41) is 0. The van der Waals surface area contributed by atoms with Crippen LogP contribution in [0.1, 0.15) is 91.5 Å². The Kier molecular flexibility index (Phi) is 9.35. The molecular weight excluding hydrogens is 312 g/mol. The fourth-order valence-electron chi connectivity index (χ4n) is 3.25. The van der Waals surface area contributed by atoms with Crippen molar-refractivity contribution in [2.24, 2.45) is 0 Å². The van der Waals surface area contributed by atoms with Crippen LogP contribution >= 0.6 is 0 Å². The van der Waals surface area contributed by atoms with Crippen LogP contribution in [0.25, 0.3) is 11.1 Å². The van der Waals surface area contributed by atoms with Crippen molar-refractivity contribution in [2.75, 3.05) is 0 Å². The predicted octanol–water partition coefficient (Wildman–Crippen LogP) is 8.62. The van der Waals surface area contributed by atoms with Crippen LogP contribution in [0.2, 0.25) is 0 Å². The van der Waals surface area contributed by atoms with Gasteiger partial charge < -0.3 is 0 Å². The predicted molar refractivity (Wildman–Crippen MR) is 121 cm³/mol. The fraction of sp³-hybridized carbons (Fsp3) is 0.538. The Morgan fingerprint density at radius 3 is 1.00 bits per heavy atom. The summed E-state index contributed by atoms with van der Waals surface area (Å²) < 4.78 is 0. The summed E-state index contributed by atoms with van der Waals surface area (Å²) in [6.45, 7) is 26.3. The van der Waals surface area contributed by atoms with Crippen molar-refractivity contribution in [3.05, 3.63) is 58.7 Å². The van der Waals surface area contributed by atoms with Crippen molar-refractivity contribution >= 4 is 0 Å². The average molecular weight is 355 g/mol. The van der Waals surface area contributed by atoms with E-state index in [0.29, 0.717) is 0 Å². The molecule has 2 aromatic carbocycles. The molecule has 0 amide bonds. The number of hydrogen-bond acceptors (Lipinski definition) is 0. The van der Waals surface area contributed by atoms with E-state index in [1.165, 1.54) is 33.4 Å². The van der Waals surface area contributed by atoms with Gasteiger partial charge in [-0.25, -0.2) is 0 Å². The van der Waals surface area contributed by atoms with Gasteiger partial charge in [0, 0.05) is 0 Å². The third-order valence-electron chi connectivity index (χ3n) is 4.41. The van der Waals surface area contributed by atoms with E-state index in [9.17, 15) is 0 Å². The van der Waals surface area contributed by atoms with Crippen LogP contribution in [0.4, 0.5) is 0 Å². The molecule has 0 N–H and O–H groups in total. The summed E-state index contributed by atoms with van der Waals surface area (Å²) in [5.41, 5.74) is 8.74. The second-order valence-corrected chi connectivity index (χ2v) is 8.49. The third kappa shape index (κ3) is 5.73. The summed E-state index contributed by atoms with van der Waals surface area (Å²) in [4.78, 5) is 0. The van der Waals surface area contributed by atoms with Gasteiger partial charge in [0.15, 0.2) is 0 Å². The molecule has 0 saturated carbocycles. The molecule has 146 valence electrons. The van der Waals surface area contributed by atoms with E-state index < -0.39 is 0 Å². The van der Waals surface area contributed by atoms with Crippen LogP contribution in [-0.2, 0) is 10.8 Å². The van der Waals surface area contributed by atoms with Gasteiger partial charge in [-0.15, -0.1) is 0 Å². The molecule has 0 aliphatic heterocycles. The molecule has 2 aromatic rings. The quantitative estimate of drug-likeness (QED) is 0.481. The SMILES string of the molecule is CC.CC.Cc1cccc(C(C)(C)C)c1-c1c(C)cccc1C(C)(C)C. The van der Waals surface area contributed by atoms with Crippen LogP contribution < -0.4 is 0 Å². The molecule has 26 heavy (non-hydrogen) atoms.